The minimum Gasteiger partial charge on any atom is -0.330 e. The molecule has 0 aliphatic rings. The third-order valence-electron chi connectivity index (χ3n) is 1.04. The predicted molar refractivity (Wildman–Crippen MR) is 49.3 cm³/mol. The van der Waals surface area contributed by atoms with Crippen molar-refractivity contribution in [2.75, 3.05) is 6.54 Å². The molecule has 0 aromatic carbocycles. The summed E-state index contributed by atoms with van der Waals surface area (Å²) in [5.41, 5.74) is 6.31. The van der Waals surface area contributed by atoms with Crippen LogP contribution in [0.1, 0.15) is 5.69 Å². The Morgan fingerprint density at radius 3 is 2.55 bits per heavy atom. The standard InChI is InChI=1S/C6H9N3.2ClH/c7-3-1-6-2-4-8-5-9-6;;/h2,4-5H,1,3,7H2;2*1H. The quantitative estimate of drug-likeness (QED) is 0.761. The second kappa shape index (κ2) is 7.72. The highest BCUT2D eigenvalue weighted by Gasteiger charge is 1.87. The van der Waals surface area contributed by atoms with E-state index in [-0.39, 0.29) is 24.8 Å². The van der Waals surface area contributed by atoms with Gasteiger partial charge in [-0.05, 0) is 12.6 Å². The van der Waals surface area contributed by atoms with Gasteiger partial charge < -0.3 is 5.73 Å². The van der Waals surface area contributed by atoms with Gasteiger partial charge in [-0.25, -0.2) is 9.97 Å². The first-order valence-electron chi connectivity index (χ1n) is 2.88. The minimum atomic E-state index is 0. The first kappa shape index (κ1) is 13.2. The largest absolute Gasteiger partial charge is 0.330 e. The summed E-state index contributed by atoms with van der Waals surface area (Å²) in [4.78, 5) is 7.75. The van der Waals surface area contributed by atoms with Crippen molar-refractivity contribution in [3.8, 4) is 0 Å². The van der Waals surface area contributed by atoms with Gasteiger partial charge >= 0.3 is 0 Å². The van der Waals surface area contributed by atoms with Crippen molar-refractivity contribution < 1.29 is 0 Å². The Hall–Kier alpha value is -0.380. The van der Waals surface area contributed by atoms with Gasteiger partial charge in [-0.2, -0.15) is 0 Å². The first-order valence-corrected chi connectivity index (χ1v) is 2.88. The molecule has 0 radical (unpaired) electrons. The molecule has 0 atom stereocenters. The Kier molecular flexibility index (Phi) is 9.29. The molecule has 0 aliphatic carbocycles. The molecule has 0 spiro atoms. The molecular formula is C6H11Cl2N3. The molecule has 0 saturated carbocycles. The summed E-state index contributed by atoms with van der Waals surface area (Å²) in [6.45, 7) is 0.650. The summed E-state index contributed by atoms with van der Waals surface area (Å²) in [6, 6.07) is 1.87. The van der Waals surface area contributed by atoms with Gasteiger partial charge in [0.1, 0.15) is 6.33 Å². The lowest BCUT2D eigenvalue weighted by molar-refractivity contribution is 0.909. The zero-order valence-electron chi connectivity index (χ0n) is 5.93. The van der Waals surface area contributed by atoms with Crippen LogP contribution >= 0.6 is 24.8 Å². The second-order valence-electron chi connectivity index (χ2n) is 1.74. The molecule has 2 N–H and O–H groups in total. The SMILES string of the molecule is Cl.Cl.NCCc1ccncn1. The highest BCUT2D eigenvalue weighted by Crippen LogP contribution is 1.88. The molecule has 3 nitrogen and oxygen atoms in total. The lowest BCUT2D eigenvalue weighted by Gasteiger charge is -1.92. The molecule has 1 aromatic rings. The Morgan fingerprint density at radius 1 is 1.36 bits per heavy atom. The van der Waals surface area contributed by atoms with E-state index in [1.807, 2.05) is 6.07 Å². The van der Waals surface area contributed by atoms with E-state index in [1.165, 1.54) is 6.33 Å². The highest BCUT2D eigenvalue weighted by atomic mass is 35.5. The molecule has 1 rings (SSSR count). The summed E-state index contributed by atoms with van der Waals surface area (Å²) >= 11 is 0. The molecule has 0 amide bonds. The van der Waals surface area contributed by atoms with E-state index >= 15 is 0 Å². The molecule has 11 heavy (non-hydrogen) atoms. The number of aromatic nitrogens is 2. The van der Waals surface area contributed by atoms with Gasteiger partial charge in [0.2, 0.25) is 0 Å². The average molecular weight is 196 g/mol. The lowest BCUT2D eigenvalue weighted by Crippen LogP contribution is -2.03. The van der Waals surface area contributed by atoms with E-state index in [4.69, 9.17) is 5.73 Å². The van der Waals surface area contributed by atoms with Crippen molar-refractivity contribution in [2.24, 2.45) is 5.73 Å². The molecule has 0 fully saturated rings. The van der Waals surface area contributed by atoms with Crippen LogP contribution in [-0.2, 0) is 6.42 Å². The first-order chi connectivity index (χ1) is 4.43. The second-order valence-corrected chi connectivity index (χ2v) is 1.74. The molecular weight excluding hydrogens is 185 g/mol. The van der Waals surface area contributed by atoms with Gasteiger partial charge in [-0.1, -0.05) is 0 Å². The topological polar surface area (TPSA) is 51.8 Å². The number of rotatable bonds is 2. The van der Waals surface area contributed by atoms with Gasteiger partial charge in [0, 0.05) is 18.3 Å². The molecule has 0 bridgehead atoms. The Morgan fingerprint density at radius 2 is 2.09 bits per heavy atom. The van der Waals surface area contributed by atoms with E-state index in [2.05, 4.69) is 9.97 Å². The number of hydrogen-bond acceptors (Lipinski definition) is 3. The molecule has 1 heterocycles. The zero-order chi connectivity index (χ0) is 6.53. The molecule has 0 saturated heterocycles. The highest BCUT2D eigenvalue weighted by molar-refractivity contribution is 5.85. The Balaban J connectivity index is 0. The number of nitrogens with zero attached hydrogens (tertiary/aromatic N) is 2. The van der Waals surface area contributed by atoms with Gasteiger partial charge in [0.25, 0.3) is 0 Å². The molecule has 5 heteroatoms. The van der Waals surface area contributed by atoms with E-state index in [0.717, 1.165) is 12.1 Å². The van der Waals surface area contributed by atoms with Crippen LogP contribution in [0.25, 0.3) is 0 Å². The van der Waals surface area contributed by atoms with Gasteiger partial charge in [-0.3, -0.25) is 0 Å². The summed E-state index contributed by atoms with van der Waals surface area (Å²) in [5.74, 6) is 0. The van der Waals surface area contributed by atoms with Crippen molar-refractivity contribution in [2.45, 2.75) is 6.42 Å². The monoisotopic (exact) mass is 195 g/mol. The van der Waals surface area contributed by atoms with Crippen LogP contribution in [0.3, 0.4) is 0 Å². The molecule has 64 valence electrons. The van der Waals surface area contributed by atoms with Crippen molar-refractivity contribution in [1.82, 2.24) is 9.97 Å². The third kappa shape index (κ3) is 4.95. The van der Waals surface area contributed by atoms with Crippen LogP contribution in [0.2, 0.25) is 0 Å². The smallest absolute Gasteiger partial charge is 0.115 e. The van der Waals surface area contributed by atoms with Crippen molar-refractivity contribution in [3.05, 3.63) is 24.3 Å². The van der Waals surface area contributed by atoms with E-state index in [0.29, 0.717) is 6.54 Å². The van der Waals surface area contributed by atoms with Crippen molar-refractivity contribution >= 4 is 24.8 Å². The number of hydrogen-bond donors (Lipinski definition) is 1. The van der Waals surface area contributed by atoms with Crippen LogP contribution in [0.4, 0.5) is 0 Å². The normalized spacial score (nSPS) is 7.73. The minimum absolute atomic E-state index is 0. The van der Waals surface area contributed by atoms with Crippen LogP contribution in [0, 0.1) is 0 Å². The van der Waals surface area contributed by atoms with Crippen LogP contribution in [0.15, 0.2) is 18.6 Å². The van der Waals surface area contributed by atoms with Gasteiger partial charge in [0.05, 0.1) is 0 Å². The maximum Gasteiger partial charge on any atom is 0.115 e. The number of halogens is 2. The lowest BCUT2D eigenvalue weighted by atomic mass is 10.3. The summed E-state index contributed by atoms with van der Waals surface area (Å²) in [7, 11) is 0. The van der Waals surface area contributed by atoms with Crippen LogP contribution < -0.4 is 5.73 Å². The third-order valence-corrected chi connectivity index (χ3v) is 1.04. The summed E-state index contributed by atoms with van der Waals surface area (Å²) in [6.07, 6.45) is 4.09. The Bertz CT molecular complexity index is 169. The van der Waals surface area contributed by atoms with Gasteiger partial charge in [-0.15, -0.1) is 24.8 Å². The predicted octanol–water partition coefficient (Wildman–Crippen LogP) is 0.821. The van der Waals surface area contributed by atoms with Gasteiger partial charge in [0.15, 0.2) is 0 Å². The van der Waals surface area contributed by atoms with Crippen LogP contribution in [-0.4, -0.2) is 16.5 Å². The molecule has 0 aliphatic heterocycles. The Labute approximate surface area is 78.2 Å². The molecule has 0 unspecified atom stereocenters. The van der Waals surface area contributed by atoms with Crippen LogP contribution in [0.5, 0.6) is 0 Å². The fourth-order valence-corrected chi connectivity index (χ4v) is 0.614. The summed E-state index contributed by atoms with van der Waals surface area (Å²) < 4.78 is 0. The number of nitrogens with two attached hydrogens (primary N) is 1. The summed E-state index contributed by atoms with van der Waals surface area (Å²) in [5, 5.41) is 0. The molecule has 1 aromatic heterocycles. The van der Waals surface area contributed by atoms with Crippen molar-refractivity contribution in [1.29, 1.82) is 0 Å². The van der Waals surface area contributed by atoms with E-state index in [1.54, 1.807) is 6.20 Å². The fourth-order valence-electron chi connectivity index (χ4n) is 0.614. The average Bonchev–Trinajstić information content (AvgIpc) is 1.91. The zero-order valence-corrected chi connectivity index (χ0v) is 7.57. The maximum atomic E-state index is 5.30. The van der Waals surface area contributed by atoms with Crippen molar-refractivity contribution in [3.63, 3.8) is 0 Å². The fraction of sp³-hybridized carbons (Fsp3) is 0.333. The van der Waals surface area contributed by atoms with E-state index < -0.39 is 0 Å². The van der Waals surface area contributed by atoms with E-state index in [9.17, 15) is 0 Å². The maximum absolute atomic E-state index is 5.30.